The van der Waals surface area contributed by atoms with Crippen molar-refractivity contribution in [3.8, 4) is 23.0 Å². The average Bonchev–Trinajstić information content (AvgIpc) is 2.90. The molecular formula is C14H9Br3O5. The fraction of sp³-hybridized carbons (Fsp3) is 0.143. The minimum atomic E-state index is -0.576. The molecular weight excluding hydrogens is 488 g/mol. The van der Waals surface area contributed by atoms with Crippen LogP contribution < -0.4 is 0 Å². The zero-order chi connectivity index (χ0) is 16.2. The Morgan fingerprint density at radius 2 is 1.45 bits per heavy atom. The first-order valence-electron chi connectivity index (χ1n) is 6.07. The number of fused-ring (bicyclic) bond motifs is 1. The van der Waals surface area contributed by atoms with Crippen LogP contribution in [0.1, 0.15) is 22.8 Å². The highest BCUT2D eigenvalue weighted by Crippen LogP contribution is 2.51. The van der Waals surface area contributed by atoms with Gasteiger partial charge in [0.2, 0.25) is 0 Å². The van der Waals surface area contributed by atoms with Gasteiger partial charge in [-0.05, 0) is 65.5 Å². The summed E-state index contributed by atoms with van der Waals surface area (Å²) in [5, 5.41) is 39.1. The van der Waals surface area contributed by atoms with Gasteiger partial charge in [-0.25, -0.2) is 0 Å². The lowest BCUT2D eigenvalue weighted by molar-refractivity contribution is 0.0928. The molecule has 0 bridgehead atoms. The number of halogens is 3. The van der Waals surface area contributed by atoms with Crippen LogP contribution in [0.15, 0.2) is 25.6 Å². The summed E-state index contributed by atoms with van der Waals surface area (Å²) < 4.78 is 6.90. The Hall–Kier alpha value is -0.960. The molecule has 0 radical (unpaired) electrons. The number of ether oxygens (including phenoxy) is 1. The summed E-state index contributed by atoms with van der Waals surface area (Å²) in [6.45, 7) is 0.248. The van der Waals surface area contributed by atoms with Crippen molar-refractivity contribution in [2.24, 2.45) is 0 Å². The molecule has 116 valence electrons. The van der Waals surface area contributed by atoms with Crippen LogP contribution >= 0.6 is 47.8 Å². The number of rotatable bonds is 1. The fourth-order valence-electron chi connectivity index (χ4n) is 2.41. The van der Waals surface area contributed by atoms with E-state index in [0.29, 0.717) is 24.5 Å². The summed E-state index contributed by atoms with van der Waals surface area (Å²) in [7, 11) is 0. The minimum Gasteiger partial charge on any atom is -0.504 e. The van der Waals surface area contributed by atoms with E-state index >= 15 is 0 Å². The molecule has 0 aromatic heterocycles. The third-order valence-corrected chi connectivity index (χ3v) is 6.44. The van der Waals surface area contributed by atoms with Crippen molar-refractivity contribution in [3.05, 3.63) is 42.2 Å². The Morgan fingerprint density at radius 1 is 0.864 bits per heavy atom. The molecule has 0 fully saturated rings. The van der Waals surface area contributed by atoms with Crippen LogP contribution in [0.25, 0.3) is 0 Å². The van der Waals surface area contributed by atoms with Crippen LogP contribution in [-0.4, -0.2) is 20.4 Å². The largest absolute Gasteiger partial charge is 0.504 e. The van der Waals surface area contributed by atoms with Crippen LogP contribution in [0.4, 0.5) is 0 Å². The standard InChI is InChI=1S/C14H9Br3O5/c15-9-5(2-7(19)13(21)11(9)17)14-8-4(3-22-14)1-6(18)12(20)10(8)16/h1-2,14,18-21H,3H2/t14-/m1/s1. The first-order chi connectivity index (χ1) is 10.3. The molecule has 0 saturated carbocycles. The summed E-state index contributed by atoms with van der Waals surface area (Å²) in [6.07, 6.45) is -0.576. The quantitative estimate of drug-likeness (QED) is 0.439. The van der Waals surface area contributed by atoms with Crippen LogP contribution in [0.5, 0.6) is 23.0 Å². The highest BCUT2D eigenvalue weighted by molar-refractivity contribution is 9.13. The predicted molar refractivity (Wildman–Crippen MR) is 89.3 cm³/mol. The molecule has 2 aromatic carbocycles. The summed E-state index contributed by atoms with van der Waals surface area (Å²) in [5.41, 5.74) is 1.96. The van der Waals surface area contributed by atoms with E-state index in [9.17, 15) is 20.4 Å². The summed E-state index contributed by atoms with van der Waals surface area (Å²) in [4.78, 5) is 0. The zero-order valence-electron chi connectivity index (χ0n) is 10.8. The van der Waals surface area contributed by atoms with Crippen molar-refractivity contribution >= 4 is 47.8 Å². The summed E-state index contributed by atoms with van der Waals surface area (Å²) in [5.74, 6) is -1.07. The second kappa shape index (κ2) is 5.59. The van der Waals surface area contributed by atoms with E-state index < -0.39 is 6.10 Å². The predicted octanol–water partition coefficient (Wildman–Crippen LogP) is 4.42. The van der Waals surface area contributed by atoms with Gasteiger partial charge in [-0.1, -0.05) is 0 Å². The molecule has 2 aromatic rings. The van der Waals surface area contributed by atoms with E-state index in [2.05, 4.69) is 47.8 Å². The highest BCUT2D eigenvalue weighted by atomic mass is 79.9. The van der Waals surface area contributed by atoms with Crippen molar-refractivity contribution in [2.45, 2.75) is 12.7 Å². The van der Waals surface area contributed by atoms with Gasteiger partial charge < -0.3 is 25.2 Å². The van der Waals surface area contributed by atoms with Gasteiger partial charge in [0.15, 0.2) is 23.0 Å². The maximum atomic E-state index is 9.89. The van der Waals surface area contributed by atoms with Crippen LogP contribution in [-0.2, 0) is 11.3 Å². The normalized spacial score (nSPS) is 16.8. The second-order valence-corrected chi connectivity index (χ2v) is 7.16. The molecule has 3 rings (SSSR count). The van der Waals surface area contributed by atoms with E-state index in [-0.39, 0.29) is 29.6 Å². The highest BCUT2D eigenvalue weighted by Gasteiger charge is 2.33. The molecule has 0 saturated heterocycles. The van der Waals surface area contributed by atoms with Crippen molar-refractivity contribution in [3.63, 3.8) is 0 Å². The Kier molecular flexibility index (Phi) is 4.05. The molecule has 5 nitrogen and oxygen atoms in total. The maximum absolute atomic E-state index is 9.89. The van der Waals surface area contributed by atoms with Crippen molar-refractivity contribution in [2.75, 3.05) is 0 Å². The van der Waals surface area contributed by atoms with Gasteiger partial charge in [0, 0.05) is 15.6 Å². The summed E-state index contributed by atoms with van der Waals surface area (Å²) in [6, 6.07) is 2.83. The van der Waals surface area contributed by atoms with Gasteiger partial charge in [0.05, 0.1) is 15.6 Å². The maximum Gasteiger partial charge on any atom is 0.173 e. The monoisotopic (exact) mass is 494 g/mol. The number of hydrogen-bond donors (Lipinski definition) is 4. The van der Waals surface area contributed by atoms with Gasteiger partial charge in [-0.15, -0.1) is 0 Å². The lowest BCUT2D eigenvalue weighted by atomic mass is 9.98. The van der Waals surface area contributed by atoms with Crippen LogP contribution in [0.2, 0.25) is 0 Å². The SMILES string of the molecule is Oc1cc([C@H]2OCc3cc(O)c(O)c(Br)c32)c(Br)c(Br)c1O. The number of phenols is 4. The van der Waals surface area contributed by atoms with Crippen molar-refractivity contribution in [1.82, 2.24) is 0 Å². The lowest BCUT2D eigenvalue weighted by Crippen LogP contribution is -2.01. The van der Waals surface area contributed by atoms with E-state index in [1.165, 1.54) is 12.1 Å². The third-order valence-electron chi connectivity index (χ3n) is 3.48. The third kappa shape index (κ3) is 2.29. The Morgan fingerprint density at radius 3 is 2.14 bits per heavy atom. The molecule has 0 aliphatic carbocycles. The van der Waals surface area contributed by atoms with E-state index in [0.717, 1.165) is 5.56 Å². The van der Waals surface area contributed by atoms with Gasteiger partial charge in [0.25, 0.3) is 0 Å². The number of benzene rings is 2. The van der Waals surface area contributed by atoms with Crippen molar-refractivity contribution in [1.29, 1.82) is 0 Å². The smallest absolute Gasteiger partial charge is 0.173 e. The molecule has 4 N–H and O–H groups in total. The molecule has 0 amide bonds. The van der Waals surface area contributed by atoms with E-state index in [4.69, 9.17) is 4.74 Å². The Labute approximate surface area is 150 Å². The Bertz CT molecular complexity index is 791. The minimum absolute atomic E-state index is 0.233. The Balaban J connectivity index is 2.22. The van der Waals surface area contributed by atoms with Crippen LogP contribution in [0, 0.1) is 0 Å². The second-order valence-electron chi connectivity index (χ2n) is 4.78. The molecule has 22 heavy (non-hydrogen) atoms. The number of aromatic hydroxyl groups is 4. The first kappa shape index (κ1) is 15.9. The van der Waals surface area contributed by atoms with E-state index in [1.54, 1.807) is 0 Å². The fourth-order valence-corrected chi connectivity index (χ4v) is 4.02. The first-order valence-corrected chi connectivity index (χ1v) is 8.45. The lowest BCUT2D eigenvalue weighted by Gasteiger charge is -2.18. The van der Waals surface area contributed by atoms with Gasteiger partial charge in [0.1, 0.15) is 6.10 Å². The molecule has 1 atom stereocenters. The summed E-state index contributed by atoms with van der Waals surface area (Å²) >= 11 is 9.83. The topological polar surface area (TPSA) is 90.2 Å². The zero-order valence-corrected chi connectivity index (χ0v) is 15.5. The molecule has 0 unspecified atom stereocenters. The number of hydrogen-bond acceptors (Lipinski definition) is 5. The molecule has 8 heteroatoms. The van der Waals surface area contributed by atoms with Gasteiger partial charge in [-0.3, -0.25) is 0 Å². The average molecular weight is 497 g/mol. The molecule has 1 aliphatic heterocycles. The van der Waals surface area contributed by atoms with Crippen molar-refractivity contribution < 1.29 is 25.2 Å². The molecule has 0 spiro atoms. The number of phenolic OH excluding ortho intramolecular Hbond substituents is 4. The van der Waals surface area contributed by atoms with E-state index in [1.807, 2.05) is 0 Å². The molecule has 1 heterocycles. The van der Waals surface area contributed by atoms with Gasteiger partial charge in [-0.2, -0.15) is 0 Å². The van der Waals surface area contributed by atoms with Crippen LogP contribution in [0.3, 0.4) is 0 Å². The molecule has 1 aliphatic rings. The van der Waals surface area contributed by atoms with Gasteiger partial charge >= 0.3 is 0 Å².